The second kappa shape index (κ2) is 7.94. The topological polar surface area (TPSA) is 119 Å². The Morgan fingerprint density at radius 3 is 2.56 bits per heavy atom. The van der Waals surface area contributed by atoms with Gasteiger partial charge in [-0.25, -0.2) is 29.7 Å². The molecule has 2 amide bonds. The monoisotopic (exact) mass is 455 g/mol. The molecule has 5 heterocycles. The summed E-state index contributed by atoms with van der Waals surface area (Å²) in [5.74, 6) is 2.09. The van der Waals surface area contributed by atoms with Gasteiger partial charge in [-0.15, -0.1) is 0 Å². The first-order valence-electron chi connectivity index (χ1n) is 11.2. The van der Waals surface area contributed by atoms with Crippen molar-refractivity contribution in [1.82, 2.24) is 34.8 Å². The average molecular weight is 456 g/mol. The number of carbonyl (C=O) groups excluding carboxylic acids is 1. The lowest BCUT2D eigenvalue weighted by Gasteiger charge is -2.36. The highest BCUT2D eigenvalue weighted by atomic mass is 16.2. The molecule has 171 valence electrons. The summed E-state index contributed by atoms with van der Waals surface area (Å²) in [6.45, 7) is 1.52. The fourth-order valence-electron chi connectivity index (χ4n) is 4.76. The molecule has 1 saturated heterocycles. The minimum absolute atomic E-state index is 0.107. The summed E-state index contributed by atoms with van der Waals surface area (Å²) in [6, 6.07) is 7.63. The zero-order valence-electron chi connectivity index (χ0n) is 18.9. The van der Waals surface area contributed by atoms with E-state index in [-0.39, 0.29) is 12.1 Å². The van der Waals surface area contributed by atoms with Crippen molar-refractivity contribution in [3.05, 3.63) is 43.0 Å². The first kappa shape index (κ1) is 20.3. The van der Waals surface area contributed by atoms with E-state index in [9.17, 15) is 4.79 Å². The Hall–Kier alpha value is -4.28. The number of fused-ring (bicyclic) bond motifs is 2. The van der Waals surface area contributed by atoms with Gasteiger partial charge in [-0.3, -0.25) is 4.90 Å². The highest BCUT2D eigenvalue weighted by Gasteiger charge is 2.36. The fraction of sp³-hybridized carbons (Fsp3) is 0.304. The van der Waals surface area contributed by atoms with Gasteiger partial charge >= 0.3 is 6.03 Å². The van der Waals surface area contributed by atoms with Crippen molar-refractivity contribution in [2.75, 3.05) is 35.3 Å². The molecule has 1 radical (unpaired) electrons. The van der Waals surface area contributed by atoms with Crippen LogP contribution in [0.3, 0.4) is 0 Å². The summed E-state index contributed by atoms with van der Waals surface area (Å²) in [7, 11) is 3.71. The smallest absolute Gasteiger partial charge is 0.348 e. The van der Waals surface area contributed by atoms with E-state index in [0.717, 1.165) is 65.7 Å². The summed E-state index contributed by atoms with van der Waals surface area (Å²) < 4.78 is 1.94. The van der Waals surface area contributed by atoms with E-state index >= 15 is 0 Å². The number of benzene rings is 1. The molecule has 0 aliphatic carbocycles. The van der Waals surface area contributed by atoms with E-state index in [2.05, 4.69) is 35.5 Å². The van der Waals surface area contributed by atoms with Crippen LogP contribution in [0.4, 0.5) is 27.9 Å². The number of aromatic nitrogens is 6. The molecular formula is C23H23N10O. The third-order valence-corrected chi connectivity index (χ3v) is 6.46. The number of amides is 2. The third-order valence-electron chi connectivity index (χ3n) is 6.46. The van der Waals surface area contributed by atoms with Crippen molar-refractivity contribution in [2.45, 2.75) is 18.9 Å². The number of urea groups is 1. The predicted octanol–water partition coefficient (Wildman–Crippen LogP) is 2.71. The number of hydrogen-bond donors (Lipinski definition) is 1. The Balaban J connectivity index is 1.26. The first-order valence-corrected chi connectivity index (χ1v) is 11.2. The van der Waals surface area contributed by atoms with Crippen LogP contribution in [0.1, 0.15) is 12.8 Å². The number of rotatable bonds is 4. The number of anilines is 3. The molecule has 2 aliphatic heterocycles. The number of hydrogen-bond acceptors (Lipinski definition) is 8. The molecule has 1 aromatic carbocycles. The average Bonchev–Trinajstić information content (AvgIpc) is 3.40. The predicted molar refractivity (Wildman–Crippen MR) is 128 cm³/mol. The van der Waals surface area contributed by atoms with E-state index in [4.69, 9.17) is 4.98 Å². The molecule has 0 atom stereocenters. The molecule has 2 aliphatic rings. The zero-order valence-corrected chi connectivity index (χ0v) is 18.9. The van der Waals surface area contributed by atoms with Crippen molar-refractivity contribution in [2.24, 2.45) is 7.05 Å². The Kier molecular flexibility index (Phi) is 4.75. The molecule has 11 heteroatoms. The first-order chi connectivity index (χ1) is 16.6. The van der Waals surface area contributed by atoms with Gasteiger partial charge in [0.1, 0.15) is 12.2 Å². The van der Waals surface area contributed by atoms with Crippen LogP contribution in [-0.2, 0) is 7.05 Å². The molecule has 0 saturated carbocycles. The van der Waals surface area contributed by atoms with Gasteiger partial charge in [-0.2, -0.15) is 5.32 Å². The molecule has 11 nitrogen and oxygen atoms in total. The molecule has 1 fully saturated rings. The highest BCUT2D eigenvalue weighted by molar-refractivity contribution is 6.04. The normalized spacial score (nSPS) is 16.1. The largest absolute Gasteiger partial charge is 0.357 e. The molecule has 0 unspecified atom stereocenters. The highest BCUT2D eigenvalue weighted by Crippen LogP contribution is 2.37. The lowest BCUT2D eigenvalue weighted by molar-refractivity contribution is 0.247. The van der Waals surface area contributed by atoms with Crippen LogP contribution in [0.5, 0.6) is 0 Å². The Labute approximate surface area is 195 Å². The molecule has 6 rings (SSSR count). The van der Waals surface area contributed by atoms with Crippen LogP contribution in [0, 0.1) is 0 Å². The van der Waals surface area contributed by atoms with Crippen molar-refractivity contribution in [3.8, 4) is 11.4 Å². The van der Waals surface area contributed by atoms with Gasteiger partial charge in [0.05, 0.1) is 16.9 Å². The van der Waals surface area contributed by atoms with E-state index in [1.54, 1.807) is 25.8 Å². The number of piperidine rings is 1. The Morgan fingerprint density at radius 1 is 1.03 bits per heavy atom. The van der Waals surface area contributed by atoms with Crippen molar-refractivity contribution in [3.63, 3.8) is 0 Å². The summed E-state index contributed by atoms with van der Waals surface area (Å²) in [5, 5.41) is 7.13. The van der Waals surface area contributed by atoms with Gasteiger partial charge in [0.25, 0.3) is 0 Å². The van der Waals surface area contributed by atoms with Gasteiger partial charge in [-0.05, 0) is 25.0 Å². The van der Waals surface area contributed by atoms with Crippen molar-refractivity contribution >= 4 is 40.3 Å². The number of carbonyl (C=O) groups is 1. The lowest BCUT2D eigenvalue weighted by Crippen LogP contribution is -2.47. The van der Waals surface area contributed by atoms with Crippen LogP contribution in [0.15, 0.2) is 43.0 Å². The Morgan fingerprint density at radius 2 is 1.79 bits per heavy atom. The Bertz CT molecular complexity index is 1370. The molecule has 0 bridgehead atoms. The molecular weight excluding hydrogens is 432 g/mol. The van der Waals surface area contributed by atoms with Crippen LogP contribution in [0.25, 0.3) is 22.6 Å². The second-order valence-corrected chi connectivity index (χ2v) is 8.38. The minimum atomic E-state index is -0.176. The molecule has 3 aromatic heterocycles. The number of nitrogens with zero attached hydrogens (tertiary/aromatic N) is 9. The van der Waals surface area contributed by atoms with E-state index < -0.39 is 0 Å². The summed E-state index contributed by atoms with van der Waals surface area (Å²) in [4.78, 5) is 39.2. The lowest BCUT2D eigenvalue weighted by atomic mass is 10.0. The van der Waals surface area contributed by atoms with Gasteiger partial charge < -0.3 is 14.8 Å². The third kappa shape index (κ3) is 3.19. The maximum Gasteiger partial charge on any atom is 0.348 e. The maximum absolute atomic E-state index is 12.6. The minimum Gasteiger partial charge on any atom is -0.357 e. The molecule has 34 heavy (non-hydrogen) atoms. The summed E-state index contributed by atoms with van der Waals surface area (Å²) in [5.41, 5.74) is 3.95. The molecule has 4 aromatic rings. The van der Waals surface area contributed by atoms with Crippen LogP contribution >= 0.6 is 0 Å². The van der Waals surface area contributed by atoms with Crippen molar-refractivity contribution < 1.29 is 4.79 Å². The SMILES string of the molecule is CNc1ncc(-c2nc3c(N4CCC(N5C(=O)[N]c6ccccc65)CC4)ncnc3n2C)cn1. The number of nitrogens with one attached hydrogen (secondary N) is 1. The molecule has 1 N–H and O–H groups in total. The maximum atomic E-state index is 12.6. The molecule has 0 spiro atoms. The number of imidazole rings is 1. The van der Waals surface area contributed by atoms with E-state index in [1.165, 1.54) is 0 Å². The number of aryl methyl sites for hydroxylation is 1. The van der Waals surface area contributed by atoms with Crippen LogP contribution in [-0.4, -0.2) is 61.7 Å². The summed E-state index contributed by atoms with van der Waals surface area (Å²) >= 11 is 0. The van der Waals surface area contributed by atoms with Gasteiger partial charge in [0, 0.05) is 45.6 Å². The number of para-hydroxylation sites is 2. The zero-order chi connectivity index (χ0) is 23.2. The summed E-state index contributed by atoms with van der Waals surface area (Å²) in [6.07, 6.45) is 6.71. The van der Waals surface area contributed by atoms with E-state index in [0.29, 0.717) is 5.95 Å². The van der Waals surface area contributed by atoms with Gasteiger partial charge in [0.2, 0.25) is 5.95 Å². The van der Waals surface area contributed by atoms with Gasteiger partial charge in [-0.1, -0.05) is 12.1 Å². The second-order valence-electron chi connectivity index (χ2n) is 8.38. The van der Waals surface area contributed by atoms with E-state index in [1.807, 2.05) is 40.8 Å². The quantitative estimate of drug-likeness (QED) is 0.499. The van der Waals surface area contributed by atoms with Gasteiger partial charge in [0.15, 0.2) is 17.0 Å². The fourth-order valence-corrected chi connectivity index (χ4v) is 4.76. The van der Waals surface area contributed by atoms with Crippen LogP contribution < -0.4 is 20.4 Å². The standard InChI is InChI=1S/C23H23N10O/c1-24-22-25-11-14(12-26-22)19-30-18-20(31(19)2)27-13-28-21(18)32-9-7-15(8-10-32)33-17-6-4-3-5-16(17)29-23(33)34/h3-6,11-13,15H,7-10H2,1-2H3,(H,24,25,26). The van der Waals surface area contributed by atoms with Crippen LogP contribution in [0.2, 0.25) is 0 Å². The van der Waals surface area contributed by atoms with Crippen molar-refractivity contribution in [1.29, 1.82) is 0 Å².